The van der Waals surface area contributed by atoms with Crippen LogP contribution in [0.15, 0.2) is 18.3 Å². The minimum Gasteiger partial charge on any atom is -0.383 e. The molecule has 90 valence electrons. The molecule has 0 atom stereocenters. The van der Waals surface area contributed by atoms with E-state index in [1.54, 1.807) is 12.3 Å². The fraction of sp³-hybridized carbons (Fsp3) is 0.538. The third-order valence-corrected chi connectivity index (χ3v) is 3.08. The molecule has 0 aromatic carbocycles. The first-order chi connectivity index (χ1) is 8.38. The topological polar surface area (TPSA) is 52.0 Å². The van der Waals surface area contributed by atoms with Crippen molar-refractivity contribution in [3.8, 4) is 6.07 Å². The molecule has 2 heterocycles. The maximum atomic E-state index is 8.64. The van der Waals surface area contributed by atoms with Gasteiger partial charge in [0, 0.05) is 13.1 Å². The molecule has 0 bridgehead atoms. The number of hydrogen-bond donors (Lipinski definition) is 1. The van der Waals surface area contributed by atoms with Crippen molar-refractivity contribution < 1.29 is 0 Å². The second kappa shape index (κ2) is 6.21. The molecule has 0 amide bonds. The summed E-state index contributed by atoms with van der Waals surface area (Å²) in [6.45, 7) is 4.48. The summed E-state index contributed by atoms with van der Waals surface area (Å²) in [5, 5.41) is 12.0. The zero-order chi connectivity index (χ0) is 11.9. The highest BCUT2D eigenvalue weighted by Gasteiger charge is 2.08. The van der Waals surface area contributed by atoms with Gasteiger partial charge in [-0.15, -0.1) is 0 Å². The molecule has 4 nitrogen and oxygen atoms in total. The molecule has 1 aromatic rings. The van der Waals surface area contributed by atoms with Gasteiger partial charge in [0.25, 0.3) is 0 Å². The van der Waals surface area contributed by atoms with E-state index in [1.165, 1.54) is 32.4 Å². The monoisotopic (exact) mass is 230 g/mol. The second-order valence-electron chi connectivity index (χ2n) is 4.37. The fourth-order valence-electron chi connectivity index (χ4n) is 2.11. The zero-order valence-corrected chi connectivity index (χ0v) is 10.0. The van der Waals surface area contributed by atoms with E-state index in [0.29, 0.717) is 5.69 Å². The van der Waals surface area contributed by atoms with Gasteiger partial charge in [-0.25, -0.2) is 4.98 Å². The Hall–Kier alpha value is -1.60. The van der Waals surface area contributed by atoms with Gasteiger partial charge in [-0.05, 0) is 38.1 Å². The van der Waals surface area contributed by atoms with E-state index >= 15 is 0 Å². The van der Waals surface area contributed by atoms with E-state index in [9.17, 15) is 0 Å². The van der Waals surface area contributed by atoms with Gasteiger partial charge in [0.1, 0.15) is 11.8 Å². The largest absolute Gasteiger partial charge is 0.383 e. The standard InChI is InChI=1S/C13H18N4/c14-10-12-4-5-13(11-16-12)15-6-9-17-7-2-1-3-8-17/h4-5,11,15H,1-3,6-9H2. The number of pyridine rings is 1. The van der Waals surface area contributed by atoms with Crippen LogP contribution in [0.4, 0.5) is 5.69 Å². The third-order valence-electron chi connectivity index (χ3n) is 3.08. The minimum absolute atomic E-state index is 0.464. The van der Waals surface area contributed by atoms with E-state index in [-0.39, 0.29) is 0 Å². The first kappa shape index (κ1) is 11.9. The van der Waals surface area contributed by atoms with Crippen LogP contribution in [0.2, 0.25) is 0 Å². The van der Waals surface area contributed by atoms with Crippen molar-refractivity contribution in [2.24, 2.45) is 0 Å². The summed E-state index contributed by atoms with van der Waals surface area (Å²) in [4.78, 5) is 6.52. The Kier molecular flexibility index (Phi) is 4.34. The molecular weight excluding hydrogens is 212 g/mol. The van der Waals surface area contributed by atoms with Gasteiger partial charge >= 0.3 is 0 Å². The predicted molar refractivity (Wildman–Crippen MR) is 67.7 cm³/mol. The summed E-state index contributed by atoms with van der Waals surface area (Å²) in [7, 11) is 0. The SMILES string of the molecule is N#Cc1ccc(NCCN2CCCCC2)cn1. The third kappa shape index (κ3) is 3.72. The Morgan fingerprint density at radius 3 is 2.76 bits per heavy atom. The van der Waals surface area contributed by atoms with Gasteiger partial charge < -0.3 is 10.2 Å². The summed E-state index contributed by atoms with van der Waals surface area (Å²) in [6, 6.07) is 5.66. The fourth-order valence-corrected chi connectivity index (χ4v) is 2.11. The molecule has 1 aromatic heterocycles. The van der Waals surface area contributed by atoms with E-state index in [1.807, 2.05) is 12.1 Å². The molecule has 2 rings (SSSR count). The first-order valence-corrected chi connectivity index (χ1v) is 6.21. The van der Waals surface area contributed by atoms with Crippen molar-refractivity contribution in [2.45, 2.75) is 19.3 Å². The smallest absolute Gasteiger partial charge is 0.140 e. The molecule has 4 heteroatoms. The Morgan fingerprint density at radius 2 is 2.12 bits per heavy atom. The van der Waals surface area contributed by atoms with Crippen LogP contribution in [-0.4, -0.2) is 36.1 Å². The lowest BCUT2D eigenvalue weighted by molar-refractivity contribution is 0.237. The average Bonchev–Trinajstić information content (AvgIpc) is 2.41. The van der Waals surface area contributed by atoms with Gasteiger partial charge in [0.15, 0.2) is 0 Å². The number of rotatable bonds is 4. The molecule has 1 aliphatic rings. The molecule has 1 fully saturated rings. The number of aromatic nitrogens is 1. The highest BCUT2D eigenvalue weighted by Crippen LogP contribution is 2.09. The van der Waals surface area contributed by atoms with Gasteiger partial charge in [0.05, 0.1) is 11.9 Å². The number of nitrogens with zero attached hydrogens (tertiary/aromatic N) is 3. The molecule has 1 N–H and O–H groups in total. The van der Waals surface area contributed by atoms with Crippen LogP contribution in [-0.2, 0) is 0 Å². The first-order valence-electron chi connectivity index (χ1n) is 6.21. The van der Waals surface area contributed by atoms with Crippen LogP contribution in [0.1, 0.15) is 25.0 Å². The number of nitriles is 1. The van der Waals surface area contributed by atoms with Crippen molar-refractivity contribution in [3.63, 3.8) is 0 Å². The lowest BCUT2D eigenvalue weighted by Crippen LogP contribution is -2.33. The number of anilines is 1. The van der Waals surface area contributed by atoms with E-state index in [4.69, 9.17) is 5.26 Å². The molecule has 0 spiro atoms. The van der Waals surface area contributed by atoms with Gasteiger partial charge in [-0.3, -0.25) is 0 Å². The van der Waals surface area contributed by atoms with Crippen LogP contribution in [0.3, 0.4) is 0 Å². The Bertz CT molecular complexity index is 373. The second-order valence-corrected chi connectivity index (χ2v) is 4.37. The van der Waals surface area contributed by atoms with Crippen LogP contribution in [0.25, 0.3) is 0 Å². The molecular formula is C13H18N4. The molecule has 0 saturated carbocycles. The number of nitrogens with one attached hydrogen (secondary N) is 1. The summed E-state index contributed by atoms with van der Waals surface area (Å²) in [5.41, 5.74) is 1.45. The zero-order valence-electron chi connectivity index (χ0n) is 10.0. The Labute approximate surface area is 102 Å². The van der Waals surface area contributed by atoms with Gasteiger partial charge in [-0.1, -0.05) is 6.42 Å². The van der Waals surface area contributed by atoms with Crippen LogP contribution in [0, 0.1) is 11.3 Å². The van der Waals surface area contributed by atoms with E-state index in [2.05, 4.69) is 15.2 Å². The van der Waals surface area contributed by atoms with Crippen LogP contribution in [0.5, 0.6) is 0 Å². The predicted octanol–water partition coefficient (Wildman–Crippen LogP) is 1.85. The van der Waals surface area contributed by atoms with Gasteiger partial charge in [0.2, 0.25) is 0 Å². The molecule has 0 unspecified atom stereocenters. The molecule has 0 aliphatic carbocycles. The lowest BCUT2D eigenvalue weighted by atomic mass is 10.1. The average molecular weight is 230 g/mol. The normalized spacial score (nSPS) is 16.4. The van der Waals surface area contributed by atoms with E-state index in [0.717, 1.165) is 18.8 Å². The highest BCUT2D eigenvalue weighted by atomic mass is 15.1. The summed E-state index contributed by atoms with van der Waals surface area (Å²) in [5.74, 6) is 0. The minimum atomic E-state index is 0.464. The Morgan fingerprint density at radius 1 is 1.29 bits per heavy atom. The van der Waals surface area contributed by atoms with E-state index < -0.39 is 0 Å². The summed E-state index contributed by atoms with van der Waals surface area (Å²) >= 11 is 0. The number of likely N-dealkylation sites (tertiary alicyclic amines) is 1. The molecule has 0 radical (unpaired) electrons. The van der Waals surface area contributed by atoms with Crippen molar-refractivity contribution >= 4 is 5.69 Å². The number of piperidine rings is 1. The molecule has 1 saturated heterocycles. The van der Waals surface area contributed by atoms with Crippen molar-refractivity contribution in [1.29, 1.82) is 5.26 Å². The lowest BCUT2D eigenvalue weighted by Gasteiger charge is -2.26. The maximum absolute atomic E-state index is 8.64. The Balaban J connectivity index is 1.72. The van der Waals surface area contributed by atoms with Gasteiger partial charge in [-0.2, -0.15) is 5.26 Å². The van der Waals surface area contributed by atoms with Crippen LogP contribution < -0.4 is 5.32 Å². The summed E-state index contributed by atoms with van der Waals surface area (Å²) < 4.78 is 0. The quantitative estimate of drug-likeness (QED) is 0.857. The molecule has 17 heavy (non-hydrogen) atoms. The summed E-state index contributed by atoms with van der Waals surface area (Å²) in [6.07, 6.45) is 5.76. The van der Waals surface area contributed by atoms with Crippen molar-refractivity contribution in [3.05, 3.63) is 24.0 Å². The van der Waals surface area contributed by atoms with Crippen molar-refractivity contribution in [2.75, 3.05) is 31.5 Å². The van der Waals surface area contributed by atoms with Crippen molar-refractivity contribution in [1.82, 2.24) is 9.88 Å². The number of hydrogen-bond acceptors (Lipinski definition) is 4. The maximum Gasteiger partial charge on any atom is 0.140 e. The van der Waals surface area contributed by atoms with Crippen LogP contribution >= 0.6 is 0 Å². The highest BCUT2D eigenvalue weighted by molar-refractivity contribution is 5.42. The molecule has 1 aliphatic heterocycles.